The number of amides is 1. The number of unbranched alkanes of at least 4 members (excludes halogenated alkanes) is 2. The van der Waals surface area contributed by atoms with Crippen molar-refractivity contribution in [2.45, 2.75) is 57.6 Å². The third-order valence-corrected chi connectivity index (χ3v) is 3.89. The molecule has 0 spiro atoms. The Kier molecular flexibility index (Phi) is 6.34. The highest BCUT2D eigenvalue weighted by atomic mass is 16.6. The van der Waals surface area contributed by atoms with Crippen LogP contribution in [0.4, 0.5) is 10.6 Å². The number of ether oxygens (including phenoxy) is 2. The van der Waals surface area contributed by atoms with Crippen LogP contribution in [-0.4, -0.2) is 55.9 Å². The van der Waals surface area contributed by atoms with Gasteiger partial charge >= 0.3 is 11.8 Å². The Morgan fingerprint density at radius 3 is 2.72 bits per heavy atom. The number of carbonyl (C=O) groups excluding carboxylic acids is 1. The summed E-state index contributed by atoms with van der Waals surface area (Å²) in [4.78, 5) is 27.3. The summed E-state index contributed by atoms with van der Waals surface area (Å²) < 4.78 is 11.1. The fourth-order valence-corrected chi connectivity index (χ4v) is 2.44. The highest BCUT2D eigenvalue weighted by Gasteiger charge is 2.42. The smallest absolute Gasteiger partial charge is 0.412 e. The first-order valence-electron chi connectivity index (χ1n) is 8.12. The molecule has 0 unspecified atom stereocenters. The fraction of sp³-hybridized carbons (Fsp3) is 0.667. The van der Waals surface area contributed by atoms with Crippen LogP contribution in [0.25, 0.3) is 0 Å². The Morgan fingerprint density at radius 1 is 1.40 bits per heavy atom. The predicted molar refractivity (Wildman–Crippen MR) is 86.3 cm³/mol. The van der Waals surface area contributed by atoms with E-state index in [4.69, 9.17) is 9.47 Å². The van der Waals surface area contributed by atoms with Gasteiger partial charge in [-0.1, -0.05) is 19.8 Å². The number of hydrogen-bond donors (Lipinski definition) is 4. The summed E-state index contributed by atoms with van der Waals surface area (Å²) in [6.45, 7) is 3.77. The number of aromatic nitrogens is 2. The lowest BCUT2D eigenvalue weighted by Crippen LogP contribution is -2.35. The van der Waals surface area contributed by atoms with Crippen LogP contribution in [0.5, 0.6) is 5.75 Å². The Morgan fingerprint density at radius 2 is 2.12 bits per heavy atom. The molecule has 0 aromatic carbocycles. The van der Waals surface area contributed by atoms with E-state index in [1.54, 1.807) is 0 Å². The number of nitrogens with zero attached hydrogens (tertiary/aromatic N) is 2. The summed E-state index contributed by atoms with van der Waals surface area (Å²) in [6, 6.07) is 0. The molecule has 4 N–H and O–H groups in total. The second-order valence-electron chi connectivity index (χ2n) is 5.85. The van der Waals surface area contributed by atoms with Gasteiger partial charge in [0.15, 0.2) is 17.8 Å². The van der Waals surface area contributed by atoms with Crippen molar-refractivity contribution >= 4 is 11.9 Å². The first-order valence-corrected chi connectivity index (χ1v) is 8.12. The van der Waals surface area contributed by atoms with Crippen molar-refractivity contribution in [3.05, 3.63) is 16.7 Å². The fourth-order valence-electron chi connectivity index (χ4n) is 2.44. The standard InChI is InChI=1S/C15H23N3O7/c1-3-4-5-6-24-15(23)17-12-9(19)7-18(14(22)16-12)13-11(21)10(20)8(2)25-13/h7-8,10-11,13,19-21H,3-6H2,1-2H3,(H,16,17,22,23)/t8-,10-,11-,13-/m1/s1. The van der Waals surface area contributed by atoms with Gasteiger partial charge in [-0.3, -0.25) is 9.88 Å². The molecule has 140 valence electrons. The lowest BCUT2D eigenvalue weighted by molar-refractivity contribution is -0.0353. The number of hydrogen-bond acceptors (Lipinski definition) is 8. The van der Waals surface area contributed by atoms with Crippen LogP contribution in [0.3, 0.4) is 0 Å². The zero-order valence-corrected chi connectivity index (χ0v) is 14.1. The Labute approximate surface area is 144 Å². The van der Waals surface area contributed by atoms with Crippen LogP contribution in [0.15, 0.2) is 11.0 Å². The molecule has 10 heteroatoms. The minimum Gasteiger partial charge on any atom is -0.503 e. The van der Waals surface area contributed by atoms with E-state index in [2.05, 4.69) is 10.3 Å². The van der Waals surface area contributed by atoms with Crippen LogP contribution in [-0.2, 0) is 9.47 Å². The lowest BCUT2D eigenvalue weighted by atomic mass is 10.1. The van der Waals surface area contributed by atoms with Gasteiger partial charge in [0.25, 0.3) is 0 Å². The molecule has 1 aliphatic rings. The lowest BCUT2D eigenvalue weighted by Gasteiger charge is -2.18. The van der Waals surface area contributed by atoms with Gasteiger partial charge in [0.1, 0.15) is 12.2 Å². The number of aliphatic hydroxyl groups excluding tert-OH is 2. The van der Waals surface area contributed by atoms with Crippen molar-refractivity contribution in [1.82, 2.24) is 9.55 Å². The molecular weight excluding hydrogens is 334 g/mol. The van der Waals surface area contributed by atoms with E-state index < -0.39 is 42.1 Å². The van der Waals surface area contributed by atoms with Gasteiger partial charge in [0, 0.05) is 0 Å². The van der Waals surface area contributed by atoms with E-state index in [1.807, 2.05) is 6.92 Å². The van der Waals surface area contributed by atoms with E-state index >= 15 is 0 Å². The molecule has 1 amide bonds. The molecule has 0 bridgehead atoms. The topological polar surface area (TPSA) is 143 Å². The first kappa shape index (κ1) is 19.2. The number of anilines is 1. The van der Waals surface area contributed by atoms with E-state index in [0.717, 1.165) is 23.6 Å². The third kappa shape index (κ3) is 4.47. The minimum absolute atomic E-state index is 0.218. The maximum atomic E-state index is 12.1. The first-order chi connectivity index (χ1) is 11.8. The Bertz CT molecular complexity index is 663. The molecule has 1 fully saturated rings. The average molecular weight is 357 g/mol. The average Bonchev–Trinajstić information content (AvgIpc) is 2.82. The summed E-state index contributed by atoms with van der Waals surface area (Å²) in [5, 5.41) is 31.8. The number of rotatable bonds is 6. The van der Waals surface area contributed by atoms with Crippen LogP contribution < -0.4 is 11.0 Å². The van der Waals surface area contributed by atoms with Crippen molar-refractivity contribution in [3.63, 3.8) is 0 Å². The largest absolute Gasteiger partial charge is 0.503 e. The third-order valence-electron chi connectivity index (χ3n) is 3.89. The normalized spacial score (nSPS) is 25.8. The van der Waals surface area contributed by atoms with Crippen LogP contribution >= 0.6 is 0 Å². The molecule has 0 aliphatic carbocycles. The number of carbonyl (C=O) groups is 1. The van der Waals surface area contributed by atoms with E-state index in [-0.39, 0.29) is 12.4 Å². The number of aromatic hydroxyl groups is 1. The summed E-state index contributed by atoms with van der Waals surface area (Å²) in [7, 11) is 0. The van der Waals surface area contributed by atoms with Gasteiger partial charge in [-0.25, -0.2) is 9.59 Å². The molecule has 0 saturated carbocycles. The molecule has 2 rings (SSSR count). The van der Waals surface area contributed by atoms with Gasteiger partial charge < -0.3 is 24.8 Å². The number of aliphatic hydroxyl groups is 2. The van der Waals surface area contributed by atoms with Gasteiger partial charge in [-0.05, 0) is 13.3 Å². The monoisotopic (exact) mass is 357 g/mol. The maximum Gasteiger partial charge on any atom is 0.412 e. The SMILES string of the molecule is CCCCCOC(=O)Nc1nc(=O)n([C@@H]2O[C@H](C)[C@@H](O)[C@H]2O)cc1O. The van der Waals surface area contributed by atoms with Crippen molar-refractivity contribution in [2.24, 2.45) is 0 Å². The highest BCUT2D eigenvalue weighted by Crippen LogP contribution is 2.29. The van der Waals surface area contributed by atoms with Gasteiger partial charge in [-0.15, -0.1) is 0 Å². The second kappa shape index (κ2) is 8.28. The summed E-state index contributed by atoms with van der Waals surface area (Å²) >= 11 is 0. The van der Waals surface area contributed by atoms with Crippen LogP contribution in [0.2, 0.25) is 0 Å². The second-order valence-corrected chi connectivity index (χ2v) is 5.85. The molecule has 4 atom stereocenters. The molecule has 10 nitrogen and oxygen atoms in total. The highest BCUT2D eigenvalue weighted by molar-refractivity contribution is 5.84. The molecule has 0 radical (unpaired) electrons. The molecule has 2 heterocycles. The molecule has 25 heavy (non-hydrogen) atoms. The Balaban J connectivity index is 2.07. The van der Waals surface area contributed by atoms with Crippen LogP contribution in [0.1, 0.15) is 39.3 Å². The summed E-state index contributed by atoms with van der Waals surface area (Å²) in [5.41, 5.74) is -0.871. The Hall–Kier alpha value is -2.17. The van der Waals surface area contributed by atoms with Gasteiger partial charge in [0.2, 0.25) is 0 Å². The van der Waals surface area contributed by atoms with Crippen molar-refractivity contribution in [2.75, 3.05) is 11.9 Å². The van der Waals surface area contributed by atoms with E-state index in [9.17, 15) is 24.9 Å². The minimum atomic E-state index is -1.35. The van der Waals surface area contributed by atoms with Gasteiger partial charge in [0.05, 0.1) is 18.9 Å². The van der Waals surface area contributed by atoms with Gasteiger partial charge in [-0.2, -0.15) is 4.98 Å². The van der Waals surface area contributed by atoms with Crippen molar-refractivity contribution in [3.8, 4) is 5.75 Å². The molecule has 1 aliphatic heterocycles. The summed E-state index contributed by atoms with van der Waals surface area (Å²) in [6.07, 6.45) is -1.66. The van der Waals surface area contributed by atoms with E-state index in [1.165, 1.54) is 6.92 Å². The summed E-state index contributed by atoms with van der Waals surface area (Å²) in [5.74, 6) is -0.863. The zero-order valence-electron chi connectivity index (χ0n) is 14.1. The quantitative estimate of drug-likeness (QED) is 0.533. The molecule has 1 aromatic heterocycles. The molecule has 1 aromatic rings. The number of nitrogens with one attached hydrogen (secondary N) is 1. The zero-order chi connectivity index (χ0) is 18.6. The maximum absolute atomic E-state index is 12.1. The van der Waals surface area contributed by atoms with Crippen LogP contribution in [0, 0.1) is 0 Å². The van der Waals surface area contributed by atoms with Crippen molar-refractivity contribution in [1.29, 1.82) is 0 Å². The molecular formula is C15H23N3O7. The molecule has 1 saturated heterocycles. The van der Waals surface area contributed by atoms with Crippen molar-refractivity contribution < 1.29 is 29.6 Å². The predicted octanol–water partition coefficient (Wildman–Crippen LogP) is 0.327. The van der Waals surface area contributed by atoms with E-state index in [0.29, 0.717) is 6.42 Å².